The first-order chi connectivity index (χ1) is 9.47. The molecule has 0 bridgehead atoms. The number of benzene rings is 2. The zero-order chi connectivity index (χ0) is 14.7. The molecule has 0 aliphatic rings. The van der Waals surface area contributed by atoms with Crippen LogP contribution in [0.5, 0.6) is 5.75 Å². The van der Waals surface area contributed by atoms with Gasteiger partial charge in [-0.3, -0.25) is 4.79 Å². The summed E-state index contributed by atoms with van der Waals surface area (Å²) in [6.07, 6.45) is 0. The van der Waals surface area contributed by atoms with E-state index >= 15 is 0 Å². The Bertz CT molecular complexity index is 659. The molecule has 0 atom stereocenters. The molecule has 2 aromatic carbocycles. The second-order valence-corrected chi connectivity index (χ2v) is 4.32. The SMILES string of the molecule is O=C(COc1ccc(Cl)c(F)c1)c1ccc(F)cc1F. The van der Waals surface area contributed by atoms with Crippen LogP contribution < -0.4 is 4.74 Å². The van der Waals surface area contributed by atoms with Crippen molar-refractivity contribution in [3.63, 3.8) is 0 Å². The summed E-state index contributed by atoms with van der Waals surface area (Å²) in [6, 6.07) is 6.26. The summed E-state index contributed by atoms with van der Waals surface area (Å²) in [7, 11) is 0. The highest BCUT2D eigenvalue weighted by Crippen LogP contribution is 2.20. The lowest BCUT2D eigenvalue weighted by Gasteiger charge is -2.07. The summed E-state index contributed by atoms with van der Waals surface area (Å²) in [5.41, 5.74) is -0.291. The van der Waals surface area contributed by atoms with Crippen molar-refractivity contribution in [3.05, 3.63) is 64.4 Å². The van der Waals surface area contributed by atoms with Crippen LogP contribution in [0.3, 0.4) is 0 Å². The molecule has 2 aromatic rings. The van der Waals surface area contributed by atoms with Gasteiger partial charge in [-0.25, -0.2) is 13.2 Å². The number of hydrogen-bond donors (Lipinski definition) is 0. The van der Waals surface area contributed by atoms with Crippen molar-refractivity contribution < 1.29 is 22.7 Å². The van der Waals surface area contributed by atoms with Crippen LogP contribution in [0, 0.1) is 17.5 Å². The summed E-state index contributed by atoms with van der Waals surface area (Å²) in [4.78, 5) is 11.7. The second kappa shape index (κ2) is 5.96. The fraction of sp³-hybridized carbons (Fsp3) is 0.0714. The summed E-state index contributed by atoms with van der Waals surface area (Å²) in [5, 5.41) is -0.0757. The summed E-state index contributed by atoms with van der Waals surface area (Å²) >= 11 is 5.49. The largest absolute Gasteiger partial charge is 0.485 e. The number of carbonyl (C=O) groups excluding carboxylic acids is 1. The maximum Gasteiger partial charge on any atom is 0.203 e. The van der Waals surface area contributed by atoms with E-state index in [0.717, 1.165) is 18.2 Å². The van der Waals surface area contributed by atoms with Gasteiger partial charge < -0.3 is 4.74 Å². The van der Waals surface area contributed by atoms with Gasteiger partial charge in [0, 0.05) is 12.1 Å². The van der Waals surface area contributed by atoms with Crippen LogP contribution in [-0.4, -0.2) is 12.4 Å². The van der Waals surface area contributed by atoms with Gasteiger partial charge in [-0.1, -0.05) is 11.6 Å². The van der Waals surface area contributed by atoms with Gasteiger partial charge in [-0.2, -0.15) is 0 Å². The van der Waals surface area contributed by atoms with E-state index in [-0.39, 0.29) is 16.3 Å². The minimum atomic E-state index is -0.971. The van der Waals surface area contributed by atoms with Crippen LogP contribution in [0.4, 0.5) is 13.2 Å². The van der Waals surface area contributed by atoms with E-state index in [1.165, 1.54) is 12.1 Å². The quantitative estimate of drug-likeness (QED) is 0.797. The monoisotopic (exact) mass is 300 g/mol. The van der Waals surface area contributed by atoms with Gasteiger partial charge in [0.1, 0.15) is 23.2 Å². The van der Waals surface area contributed by atoms with E-state index in [1.54, 1.807) is 0 Å². The highest BCUT2D eigenvalue weighted by atomic mass is 35.5. The van der Waals surface area contributed by atoms with Gasteiger partial charge in [0.2, 0.25) is 5.78 Å². The molecule has 0 fully saturated rings. The highest BCUT2D eigenvalue weighted by Gasteiger charge is 2.13. The van der Waals surface area contributed by atoms with Crippen molar-refractivity contribution >= 4 is 17.4 Å². The Labute approximate surface area is 117 Å². The molecule has 6 heteroatoms. The zero-order valence-electron chi connectivity index (χ0n) is 10.00. The van der Waals surface area contributed by atoms with Gasteiger partial charge in [-0.05, 0) is 24.3 Å². The van der Waals surface area contributed by atoms with Crippen LogP contribution in [-0.2, 0) is 0 Å². The van der Waals surface area contributed by atoms with Crippen LogP contribution >= 0.6 is 11.6 Å². The average Bonchev–Trinajstić information content (AvgIpc) is 2.40. The Kier molecular flexibility index (Phi) is 4.29. The normalized spacial score (nSPS) is 10.4. The van der Waals surface area contributed by atoms with E-state index in [4.69, 9.17) is 16.3 Å². The van der Waals surface area contributed by atoms with Crippen molar-refractivity contribution in [2.45, 2.75) is 0 Å². The first kappa shape index (κ1) is 14.4. The molecule has 0 amide bonds. The lowest BCUT2D eigenvalue weighted by Crippen LogP contribution is -2.13. The molecule has 2 nitrogen and oxygen atoms in total. The molecule has 0 N–H and O–H groups in total. The molecule has 20 heavy (non-hydrogen) atoms. The van der Waals surface area contributed by atoms with Gasteiger partial charge in [0.15, 0.2) is 6.61 Å². The first-order valence-electron chi connectivity index (χ1n) is 5.53. The number of ketones is 1. The third-order valence-corrected chi connectivity index (χ3v) is 2.80. The Morgan fingerprint density at radius 2 is 1.80 bits per heavy atom. The molecule has 2 rings (SSSR count). The Morgan fingerprint density at radius 3 is 2.45 bits per heavy atom. The molecule has 0 heterocycles. The molecule has 0 aliphatic carbocycles. The van der Waals surface area contributed by atoms with Crippen molar-refractivity contribution in [1.29, 1.82) is 0 Å². The van der Waals surface area contributed by atoms with E-state index in [9.17, 15) is 18.0 Å². The van der Waals surface area contributed by atoms with E-state index in [1.807, 2.05) is 0 Å². The lowest BCUT2D eigenvalue weighted by molar-refractivity contribution is 0.0917. The Hall–Kier alpha value is -2.01. The van der Waals surface area contributed by atoms with Gasteiger partial charge >= 0.3 is 0 Å². The fourth-order valence-electron chi connectivity index (χ4n) is 1.51. The molecule has 0 aromatic heterocycles. The van der Waals surface area contributed by atoms with Crippen molar-refractivity contribution in [2.24, 2.45) is 0 Å². The minimum absolute atomic E-state index is 0.0757. The third-order valence-electron chi connectivity index (χ3n) is 2.49. The predicted octanol–water partition coefficient (Wildman–Crippen LogP) is 4.02. The molecule has 0 spiro atoms. The number of rotatable bonds is 4. The van der Waals surface area contributed by atoms with Crippen molar-refractivity contribution in [2.75, 3.05) is 6.61 Å². The van der Waals surface area contributed by atoms with Gasteiger partial charge in [-0.15, -0.1) is 0 Å². The number of Topliss-reactive ketones (excluding diaryl/α,β-unsaturated/α-hetero) is 1. The molecule has 0 unspecified atom stereocenters. The molecule has 104 valence electrons. The zero-order valence-corrected chi connectivity index (χ0v) is 10.8. The predicted molar refractivity (Wildman–Crippen MR) is 67.6 cm³/mol. The Morgan fingerprint density at radius 1 is 1.05 bits per heavy atom. The number of carbonyl (C=O) groups is 1. The van der Waals surface area contributed by atoms with Crippen LogP contribution in [0.15, 0.2) is 36.4 Å². The first-order valence-corrected chi connectivity index (χ1v) is 5.91. The fourth-order valence-corrected chi connectivity index (χ4v) is 1.63. The summed E-state index contributed by atoms with van der Waals surface area (Å²) in [5.74, 6) is -3.04. The molecular weight excluding hydrogens is 293 g/mol. The number of hydrogen-bond acceptors (Lipinski definition) is 2. The summed E-state index contributed by atoms with van der Waals surface area (Å²) < 4.78 is 44.2. The molecule has 0 radical (unpaired) electrons. The van der Waals surface area contributed by atoms with Crippen molar-refractivity contribution in [1.82, 2.24) is 0 Å². The smallest absolute Gasteiger partial charge is 0.203 e. The number of ether oxygens (including phenoxy) is 1. The van der Waals surface area contributed by atoms with Crippen LogP contribution in [0.2, 0.25) is 5.02 Å². The maximum atomic E-state index is 13.3. The van der Waals surface area contributed by atoms with Crippen LogP contribution in [0.1, 0.15) is 10.4 Å². The topological polar surface area (TPSA) is 26.3 Å². The maximum absolute atomic E-state index is 13.3. The van der Waals surface area contributed by atoms with Gasteiger partial charge in [0.25, 0.3) is 0 Å². The minimum Gasteiger partial charge on any atom is -0.485 e. The lowest BCUT2D eigenvalue weighted by atomic mass is 10.1. The van der Waals surface area contributed by atoms with E-state index in [2.05, 4.69) is 0 Å². The molecule has 0 saturated carbocycles. The number of halogens is 4. The summed E-state index contributed by atoms with van der Waals surface area (Å²) in [6.45, 7) is -0.496. The van der Waals surface area contributed by atoms with Crippen LogP contribution in [0.25, 0.3) is 0 Å². The average molecular weight is 301 g/mol. The second-order valence-electron chi connectivity index (χ2n) is 3.91. The van der Waals surface area contributed by atoms with E-state index < -0.39 is 29.8 Å². The molecular formula is C14H8ClF3O2. The highest BCUT2D eigenvalue weighted by molar-refractivity contribution is 6.30. The third kappa shape index (κ3) is 3.30. The van der Waals surface area contributed by atoms with Gasteiger partial charge in [0.05, 0.1) is 10.6 Å². The van der Waals surface area contributed by atoms with E-state index in [0.29, 0.717) is 6.07 Å². The molecule has 0 saturated heterocycles. The molecule has 0 aliphatic heterocycles. The Balaban J connectivity index is 2.06. The standard InChI is InChI=1S/C14H8ClF3O2/c15-11-4-2-9(6-13(11)18)20-7-14(19)10-3-1-8(16)5-12(10)17/h1-6H,7H2. The van der Waals surface area contributed by atoms with Crippen molar-refractivity contribution in [3.8, 4) is 5.75 Å².